The summed E-state index contributed by atoms with van der Waals surface area (Å²) in [6.07, 6.45) is 0. The van der Waals surface area contributed by atoms with Gasteiger partial charge in [-0.3, -0.25) is 0 Å². The first-order valence-electron chi connectivity index (χ1n) is 19.4. The van der Waals surface area contributed by atoms with Crippen LogP contribution in [-0.2, 0) is 0 Å². The maximum atomic E-state index is 6.28. The van der Waals surface area contributed by atoms with Gasteiger partial charge in [0.1, 0.15) is 22.3 Å². The normalized spacial score (nSPS) is 12.2. The maximum absolute atomic E-state index is 6.28. The second-order valence-corrected chi connectivity index (χ2v) is 16.2. The quantitative estimate of drug-likeness (QED) is 0.169. The van der Waals surface area contributed by atoms with Gasteiger partial charge in [0.15, 0.2) is 0 Å². The summed E-state index contributed by atoms with van der Waals surface area (Å²) in [6, 6.07) is 66.1. The van der Waals surface area contributed by atoms with E-state index in [0.29, 0.717) is 0 Å². The molecule has 0 unspecified atom stereocenters. The number of furan rings is 2. The summed E-state index contributed by atoms with van der Waals surface area (Å²) in [7, 11) is 0. The lowest BCUT2D eigenvalue weighted by atomic mass is 9.85. The molecule has 57 heavy (non-hydrogen) atoms. The van der Waals surface area contributed by atoms with Gasteiger partial charge in [-0.15, -0.1) is 11.3 Å². The molecule has 0 bridgehead atoms. The lowest BCUT2D eigenvalue weighted by molar-refractivity contribution is 0.668. The maximum Gasteiger partial charge on any atom is 0.136 e. The molecule has 0 atom stereocenters. The molecule has 0 saturated heterocycles. The Morgan fingerprint density at radius 2 is 0.807 bits per heavy atom. The highest BCUT2D eigenvalue weighted by Gasteiger charge is 2.19. The number of hydrogen-bond acceptors (Lipinski definition) is 3. The minimum absolute atomic E-state index is 0.911. The molecule has 0 saturated carbocycles. The Kier molecular flexibility index (Phi) is 6.35. The van der Waals surface area contributed by atoms with Crippen molar-refractivity contribution in [2.24, 2.45) is 0 Å². The number of para-hydroxylation sites is 2. The molecule has 0 aliphatic rings. The second kappa shape index (κ2) is 11.7. The molecule has 0 aliphatic carbocycles. The van der Waals surface area contributed by atoms with Crippen LogP contribution in [-0.4, -0.2) is 0 Å². The highest BCUT2D eigenvalue weighted by Crippen LogP contribution is 2.47. The van der Waals surface area contributed by atoms with Crippen molar-refractivity contribution in [1.29, 1.82) is 0 Å². The van der Waals surface area contributed by atoms with Crippen molar-refractivity contribution in [3.8, 4) is 33.4 Å². The number of thiophene rings is 1. The Hall–Kier alpha value is -7.20. The van der Waals surface area contributed by atoms with Crippen molar-refractivity contribution in [3.63, 3.8) is 0 Å². The molecule has 0 spiro atoms. The minimum Gasteiger partial charge on any atom is -0.456 e. The Labute approximate surface area is 330 Å². The van der Waals surface area contributed by atoms with Gasteiger partial charge in [-0.05, 0) is 103 Å². The van der Waals surface area contributed by atoms with Crippen molar-refractivity contribution >= 4 is 108 Å². The molecular weight excluding hydrogens is 713 g/mol. The minimum atomic E-state index is 0.911. The van der Waals surface area contributed by atoms with E-state index in [9.17, 15) is 0 Å². The van der Waals surface area contributed by atoms with E-state index < -0.39 is 0 Å². The molecule has 3 heterocycles. The molecule has 0 fully saturated rings. The Morgan fingerprint density at radius 1 is 0.298 bits per heavy atom. The fourth-order valence-corrected chi connectivity index (χ4v) is 10.7. The Bertz CT molecular complexity index is 3750. The van der Waals surface area contributed by atoms with E-state index in [0.717, 1.165) is 33.1 Å². The number of hydrogen-bond donors (Lipinski definition) is 0. The first-order valence-corrected chi connectivity index (χ1v) is 20.2. The monoisotopic (exact) mass is 742 g/mol. The van der Waals surface area contributed by atoms with Crippen LogP contribution in [0.2, 0.25) is 0 Å². The molecule has 0 radical (unpaired) electrons. The van der Waals surface area contributed by atoms with Crippen LogP contribution in [0.5, 0.6) is 0 Å². The predicted molar refractivity (Wildman–Crippen MR) is 243 cm³/mol. The third-order valence-electron chi connectivity index (χ3n) is 12.1. The van der Waals surface area contributed by atoms with Crippen molar-refractivity contribution in [3.05, 3.63) is 182 Å². The van der Waals surface area contributed by atoms with Gasteiger partial charge in [-0.25, -0.2) is 0 Å². The number of benzene rings is 10. The molecule has 0 N–H and O–H groups in total. The zero-order chi connectivity index (χ0) is 37.2. The highest BCUT2D eigenvalue weighted by molar-refractivity contribution is 7.27. The van der Waals surface area contributed by atoms with Crippen molar-refractivity contribution in [2.45, 2.75) is 0 Å². The van der Waals surface area contributed by atoms with Crippen LogP contribution in [0.25, 0.3) is 130 Å². The predicted octanol–water partition coefficient (Wildman–Crippen LogP) is 16.3. The first-order chi connectivity index (χ1) is 28.2. The zero-order valence-corrected chi connectivity index (χ0v) is 31.4. The van der Waals surface area contributed by atoms with E-state index in [1.54, 1.807) is 0 Å². The van der Waals surface area contributed by atoms with E-state index in [1.807, 2.05) is 29.5 Å². The van der Waals surface area contributed by atoms with Crippen LogP contribution in [0.1, 0.15) is 0 Å². The molecule has 0 amide bonds. The average Bonchev–Trinajstić information content (AvgIpc) is 3.96. The van der Waals surface area contributed by atoms with Crippen LogP contribution in [0.4, 0.5) is 0 Å². The van der Waals surface area contributed by atoms with Crippen LogP contribution in [0.3, 0.4) is 0 Å². The molecule has 264 valence electrons. The molecule has 0 aliphatic heterocycles. The smallest absolute Gasteiger partial charge is 0.136 e. The third-order valence-corrected chi connectivity index (χ3v) is 13.3. The van der Waals surface area contributed by atoms with Gasteiger partial charge in [-0.2, -0.15) is 0 Å². The Morgan fingerprint density at radius 3 is 1.54 bits per heavy atom. The van der Waals surface area contributed by atoms with E-state index in [2.05, 4.69) is 164 Å². The van der Waals surface area contributed by atoms with Crippen LogP contribution in [0.15, 0.2) is 191 Å². The molecular formula is C54H30O2S. The van der Waals surface area contributed by atoms with Gasteiger partial charge in [0.05, 0.1) is 0 Å². The lowest BCUT2D eigenvalue weighted by Crippen LogP contribution is -1.91. The van der Waals surface area contributed by atoms with Crippen molar-refractivity contribution < 1.29 is 8.83 Å². The van der Waals surface area contributed by atoms with Crippen LogP contribution >= 0.6 is 11.3 Å². The Balaban J connectivity index is 0.959. The van der Waals surface area contributed by atoms with Gasteiger partial charge in [0.2, 0.25) is 0 Å². The van der Waals surface area contributed by atoms with Crippen LogP contribution in [0, 0.1) is 0 Å². The van der Waals surface area contributed by atoms with Crippen molar-refractivity contribution in [2.75, 3.05) is 0 Å². The summed E-state index contributed by atoms with van der Waals surface area (Å²) in [4.78, 5) is 0. The highest BCUT2D eigenvalue weighted by atomic mass is 32.1. The molecule has 13 aromatic rings. The molecule has 3 heteroatoms. The zero-order valence-electron chi connectivity index (χ0n) is 30.5. The van der Waals surface area contributed by atoms with Gasteiger partial charge >= 0.3 is 0 Å². The number of fused-ring (bicyclic) bond motifs is 14. The average molecular weight is 743 g/mol. The van der Waals surface area contributed by atoms with E-state index in [-0.39, 0.29) is 0 Å². The second-order valence-electron chi connectivity index (χ2n) is 15.1. The fraction of sp³-hybridized carbons (Fsp3) is 0. The summed E-state index contributed by atoms with van der Waals surface area (Å²) in [6.45, 7) is 0. The summed E-state index contributed by atoms with van der Waals surface area (Å²) in [5.74, 6) is 0. The van der Waals surface area contributed by atoms with Gasteiger partial charge < -0.3 is 8.83 Å². The topological polar surface area (TPSA) is 26.3 Å². The first kappa shape index (κ1) is 31.1. The van der Waals surface area contributed by atoms with Crippen LogP contribution < -0.4 is 0 Å². The summed E-state index contributed by atoms with van der Waals surface area (Å²) >= 11 is 1.88. The summed E-state index contributed by atoms with van der Waals surface area (Å²) < 4.78 is 15.1. The number of rotatable bonds is 3. The third kappa shape index (κ3) is 4.46. The fourth-order valence-electron chi connectivity index (χ4n) is 9.50. The summed E-state index contributed by atoms with van der Waals surface area (Å²) in [5, 5.41) is 14.7. The molecule has 3 aromatic heterocycles. The van der Waals surface area contributed by atoms with E-state index in [4.69, 9.17) is 8.83 Å². The lowest BCUT2D eigenvalue weighted by Gasteiger charge is -2.18. The summed E-state index contributed by atoms with van der Waals surface area (Å²) in [5.41, 5.74) is 11.0. The molecule has 2 nitrogen and oxygen atoms in total. The van der Waals surface area contributed by atoms with Gasteiger partial charge in [0.25, 0.3) is 0 Å². The SMILES string of the molecule is c1ccc2c(c1)oc1ccc(-c3c4ccccc4c(-c4ccc(-c5ccc6ccc7c(sc8ccc9oc%10ccccc%10c9c87)c6c5)cc4)c4ccccc34)cc12. The standard InChI is InChI=1S/C54H30O2S/c1-3-12-39-37(10-1)50(38-11-2-4-13-40(38)51(39)35-24-26-47-44(30-35)36-9-5-7-15-45(36)55-47)33-20-17-31(18-21-33)34-22-19-32-23-25-42-53-49(57-54(42)43(32)29-34)28-27-48-52(53)41-14-6-8-16-46(41)56-48/h1-30H. The van der Waals surface area contributed by atoms with Gasteiger partial charge in [0, 0.05) is 47.1 Å². The van der Waals surface area contributed by atoms with Gasteiger partial charge in [-0.1, -0.05) is 140 Å². The van der Waals surface area contributed by atoms with E-state index in [1.165, 1.54) is 96.6 Å². The molecule has 10 aromatic carbocycles. The van der Waals surface area contributed by atoms with E-state index >= 15 is 0 Å². The molecule has 13 rings (SSSR count). The largest absolute Gasteiger partial charge is 0.456 e. The van der Waals surface area contributed by atoms with Crippen molar-refractivity contribution in [1.82, 2.24) is 0 Å².